The second-order valence-corrected chi connectivity index (χ2v) is 13.9. The average Bonchev–Trinajstić information content (AvgIpc) is 2.26. The van der Waals surface area contributed by atoms with Crippen LogP contribution in [-0.4, -0.2) is 132 Å². The fraction of sp³-hybridized carbons (Fsp3) is 0. The molecule has 0 heterocycles. The van der Waals surface area contributed by atoms with Crippen molar-refractivity contribution in [1.29, 1.82) is 0 Å². The maximum absolute atomic E-state index is 8.88. The van der Waals surface area contributed by atoms with Crippen molar-refractivity contribution in [3.63, 3.8) is 0 Å². The molecule has 0 spiro atoms. The van der Waals surface area contributed by atoms with Crippen LogP contribution in [0, 0.1) is 0 Å². The Balaban J connectivity index is -0.0000000114. The van der Waals surface area contributed by atoms with Crippen molar-refractivity contribution in [1.82, 2.24) is 0 Å². The van der Waals surface area contributed by atoms with Gasteiger partial charge in [0.2, 0.25) is 0 Å². The summed E-state index contributed by atoms with van der Waals surface area (Å²) < 4.78 is 79.9. The molecule has 0 aliphatic rings. The summed E-state index contributed by atoms with van der Waals surface area (Å²) >= 11 is 0. The van der Waals surface area contributed by atoms with E-state index in [4.69, 9.17) is 173 Å². The minimum Gasteiger partial charge on any atom is -1.00 e. The van der Waals surface area contributed by atoms with Crippen molar-refractivity contribution >= 4 is 70.4 Å². The Hall–Kier alpha value is 7.99. The van der Waals surface area contributed by atoms with Gasteiger partial charge in [-0.3, -0.25) is 0 Å². The first kappa shape index (κ1) is 108. The third-order valence-corrected chi connectivity index (χ3v) is 0. The van der Waals surface area contributed by atoms with Crippen molar-refractivity contribution in [3.8, 4) is 0 Å². The fourth-order valence-corrected chi connectivity index (χ4v) is 0. The predicted octanol–water partition coefficient (Wildman–Crippen LogP) is -28.5. The number of rotatable bonds is 0. The quantitative estimate of drug-likeness (QED) is 0.0791. The monoisotopic (exact) mass is 1050 g/mol. The Bertz CT molecular complexity index is 794. The maximum atomic E-state index is 8.88. The number of hydrogen-bond donors (Lipinski definition) is 27. The van der Waals surface area contributed by atoms with Crippen molar-refractivity contribution in [2.45, 2.75) is 0 Å². The summed E-state index contributed by atoms with van der Waals surface area (Å²) in [4.78, 5) is 194. The molecule has 0 saturated carbocycles. The second kappa shape index (κ2) is 51.6. The largest absolute Gasteiger partial charge is 1.00 e. The molecular weight excluding hydrogens is 1020 g/mol. The van der Waals surface area contributed by atoms with Crippen molar-refractivity contribution in [2.75, 3.05) is 0 Å². The van der Waals surface area contributed by atoms with Crippen LogP contribution in [0.5, 0.6) is 0 Å². The Kier molecular flexibility index (Phi) is 107. The average molecular weight is 1050 g/mol. The first-order chi connectivity index (χ1) is 18.0. The predicted molar refractivity (Wildman–Crippen MR) is 136 cm³/mol. The van der Waals surface area contributed by atoms with Crippen LogP contribution in [-0.2, 0) is 41.1 Å². The third kappa shape index (κ3) is 2950. The zero-order chi connectivity index (χ0) is 40.5. The van der Waals surface area contributed by atoms with Gasteiger partial charge in [-0.05, 0) is 0 Å². The molecule has 36 nitrogen and oxygen atoms in total. The van der Waals surface area contributed by atoms with E-state index >= 15 is 0 Å². The molecule has 52 heavy (non-hydrogen) atoms. The van der Waals surface area contributed by atoms with Crippen LogP contribution in [0.25, 0.3) is 0 Å². The van der Waals surface area contributed by atoms with Gasteiger partial charge >= 0.3 is 277 Å². The van der Waals surface area contributed by atoms with E-state index in [2.05, 4.69) is 0 Å². The van der Waals surface area contributed by atoms with E-state index in [1.54, 1.807) is 0 Å². The molecule has 52 heteroatoms. The summed E-state index contributed by atoms with van der Waals surface area (Å²) in [5, 5.41) is 0. The standard InChI is InChI=1S/7Na.9H3O4P.7H/c;;;;;;;9*1-5(2,3)4;;;;;;;/h;;;;;;;9*(H3,1,2,3,4);;;;;;;/q7*+1;;;;;;;;;;7*-1. The molecule has 0 aliphatic heterocycles. The van der Waals surface area contributed by atoms with Crippen LogP contribution in [0.15, 0.2) is 0 Å². The normalized spacial score (nSPS) is 10.2. The van der Waals surface area contributed by atoms with E-state index in [1.165, 1.54) is 0 Å². The minimum absolute atomic E-state index is 0. The molecule has 27 N–H and O–H groups in total. The van der Waals surface area contributed by atoms with Crippen molar-refractivity contribution < 1.29 is 390 Å². The van der Waals surface area contributed by atoms with E-state index in [0.29, 0.717) is 0 Å². The van der Waals surface area contributed by atoms with Gasteiger partial charge < -0.3 is 142 Å². The first-order valence-electron chi connectivity index (χ1n) is 7.04. The van der Waals surface area contributed by atoms with Gasteiger partial charge in [-0.2, -0.15) is 0 Å². The molecule has 0 aliphatic carbocycles. The Morgan fingerprint density at radius 2 is 0.154 bits per heavy atom. The summed E-state index contributed by atoms with van der Waals surface area (Å²) in [6, 6.07) is 0. The molecule has 0 fully saturated rings. The van der Waals surface area contributed by atoms with E-state index in [0.717, 1.165) is 0 Å². The van der Waals surface area contributed by atoms with Gasteiger partial charge in [0.1, 0.15) is 0 Å². The van der Waals surface area contributed by atoms with E-state index in [9.17, 15) is 0 Å². The molecule has 0 radical (unpaired) electrons. The topological polar surface area (TPSA) is 700 Å². The summed E-state index contributed by atoms with van der Waals surface area (Å²) in [7, 11) is -41.8. The van der Waals surface area contributed by atoms with E-state index in [-0.39, 0.29) is 217 Å². The SMILES string of the molecule is O=P(O)(O)O.O=P(O)(O)O.O=P(O)(O)O.O=P(O)(O)O.O=P(O)(O)O.O=P(O)(O)O.O=P(O)(O)O.O=P(O)(O)O.O=P(O)(O)O.[H-].[H-].[H-].[H-].[H-].[H-].[H-].[Na+].[Na+].[Na+].[Na+].[Na+].[Na+].[Na+]. The number of hydrogen-bond acceptors (Lipinski definition) is 9. The molecule has 0 aromatic rings. The van der Waals surface area contributed by atoms with Crippen LogP contribution in [0.4, 0.5) is 0 Å². The van der Waals surface area contributed by atoms with Gasteiger partial charge in [0.05, 0.1) is 0 Å². The van der Waals surface area contributed by atoms with Gasteiger partial charge in [-0.15, -0.1) is 0 Å². The van der Waals surface area contributed by atoms with Gasteiger partial charge in [0.25, 0.3) is 0 Å². The third-order valence-electron chi connectivity index (χ3n) is 0. The van der Waals surface area contributed by atoms with Gasteiger partial charge in [0, 0.05) is 0 Å². The molecule has 0 atom stereocenters. The number of phosphoric acid groups is 9. The Morgan fingerprint density at radius 1 is 0.154 bits per heavy atom. The van der Waals surface area contributed by atoms with Crippen LogP contribution in [0.3, 0.4) is 0 Å². The second-order valence-electron chi connectivity index (χ2n) is 4.62. The molecule has 0 amide bonds. The smallest absolute Gasteiger partial charge is 1.00 e. The summed E-state index contributed by atoms with van der Waals surface area (Å²) in [6.07, 6.45) is 0. The zero-order valence-corrected chi connectivity index (χ0v) is 48.8. The zero-order valence-electron chi connectivity index (χ0n) is 33.8. The van der Waals surface area contributed by atoms with E-state index < -0.39 is 70.4 Å². The van der Waals surface area contributed by atoms with Crippen LogP contribution < -0.4 is 207 Å². The van der Waals surface area contributed by atoms with Crippen LogP contribution in [0.2, 0.25) is 0 Å². The minimum atomic E-state index is -4.64. The molecule has 0 aromatic heterocycles. The molecule has 0 saturated heterocycles. The summed E-state index contributed by atoms with van der Waals surface area (Å²) in [6.45, 7) is 0. The Morgan fingerprint density at radius 3 is 0.154 bits per heavy atom. The van der Waals surface area contributed by atoms with Gasteiger partial charge in [0.15, 0.2) is 0 Å². The van der Waals surface area contributed by atoms with Crippen molar-refractivity contribution in [3.05, 3.63) is 0 Å². The molecule has 0 bridgehead atoms. The summed E-state index contributed by atoms with van der Waals surface area (Å²) in [5.41, 5.74) is 0. The molecule has 0 aromatic carbocycles. The molecular formula is H34Na7O36P9. The van der Waals surface area contributed by atoms with E-state index in [1.807, 2.05) is 0 Å². The first-order valence-corrected chi connectivity index (χ1v) is 21.1. The van der Waals surface area contributed by atoms with Gasteiger partial charge in [-0.25, -0.2) is 41.1 Å². The maximum Gasteiger partial charge on any atom is 1.00 e. The van der Waals surface area contributed by atoms with Crippen LogP contribution in [0.1, 0.15) is 9.99 Å². The molecule has 0 unspecified atom stereocenters. The Labute approximate surface area is 453 Å². The van der Waals surface area contributed by atoms with Gasteiger partial charge in [-0.1, -0.05) is 0 Å². The van der Waals surface area contributed by atoms with Crippen LogP contribution >= 0.6 is 70.4 Å². The molecule has 0 rings (SSSR count). The van der Waals surface area contributed by atoms with Crippen molar-refractivity contribution in [2.24, 2.45) is 0 Å². The molecule has 302 valence electrons. The fourth-order valence-electron chi connectivity index (χ4n) is 0. The summed E-state index contributed by atoms with van der Waals surface area (Å²) in [5.74, 6) is 0.